The number of benzene rings is 4. The van der Waals surface area contributed by atoms with Crippen LogP contribution in [0.3, 0.4) is 0 Å². The van der Waals surface area contributed by atoms with E-state index in [1.165, 1.54) is 29.8 Å². The first-order valence-electron chi connectivity index (χ1n) is 20.0. The molecule has 9 rings (SSSR count). The number of likely N-dealkylation sites (N-methyl/N-ethyl adjacent to an activating group) is 1. The molecular weight excluding hydrogens is 885 g/mol. The third-order valence-corrected chi connectivity index (χ3v) is 12.7. The lowest BCUT2D eigenvalue weighted by atomic mass is 9.96. The highest BCUT2D eigenvalue weighted by atomic mass is 35.5. The molecule has 64 heavy (non-hydrogen) atoms. The fraction of sp³-hybridized carbons (Fsp3) is 0.239. The van der Waals surface area contributed by atoms with Crippen LogP contribution in [0.25, 0.3) is 43.2 Å². The highest BCUT2D eigenvalue weighted by molar-refractivity contribution is 7.72. The molecule has 4 aromatic carbocycles. The number of thiophene rings is 1. The van der Waals surface area contributed by atoms with Gasteiger partial charge in [0, 0.05) is 41.7 Å². The first-order valence-corrected chi connectivity index (χ1v) is 22.5. The molecular formula is C46H41ClFN5O9S2. The summed E-state index contributed by atoms with van der Waals surface area (Å²) < 4.78 is 68.3. The van der Waals surface area contributed by atoms with Crippen LogP contribution in [0.2, 0.25) is 5.02 Å². The monoisotopic (exact) mass is 925 g/mol. The molecule has 0 fully saturated rings. The molecule has 5 heterocycles. The number of halogens is 2. The maximum atomic E-state index is 14.2. The number of carboxylic acid groups (broad SMARTS) is 1. The molecule has 0 amide bonds. The van der Waals surface area contributed by atoms with E-state index in [1.54, 1.807) is 62.8 Å². The smallest absolute Gasteiger partial charge is 0.345 e. The van der Waals surface area contributed by atoms with Crippen LogP contribution in [0.4, 0.5) is 4.39 Å². The molecule has 3 aromatic heterocycles. The Hall–Kier alpha value is -6.40. The van der Waals surface area contributed by atoms with Gasteiger partial charge < -0.3 is 33.7 Å². The largest absolute Gasteiger partial charge is 0.496 e. The first kappa shape index (κ1) is 44.2. The molecule has 0 aliphatic carbocycles. The summed E-state index contributed by atoms with van der Waals surface area (Å²) in [5, 5.41) is 11.5. The van der Waals surface area contributed by atoms with Gasteiger partial charge in [-0.3, -0.25) is 0 Å². The topological polar surface area (TPSA) is 172 Å². The van der Waals surface area contributed by atoms with E-state index >= 15 is 0 Å². The predicted molar refractivity (Wildman–Crippen MR) is 241 cm³/mol. The third-order valence-electron chi connectivity index (χ3n) is 10.5. The summed E-state index contributed by atoms with van der Waals surface area (Å²) in [4.78, 5) is 34.4. The number of carboxylic acids is 1. The number of aromatic nitrogens is 4. The Morgan fingerprint density at radius 3 is 2.59 bits per heavy atom. The number of methoxy groups -OCH3 is 1. The number of thiol groups is 1. The van der Waals surface area contributed by atoms with Crippen molar-refractivity contribution < 1.29 is 46.4 Å². The molecule has 0 spiro atoms. The van der Waals surface area contributed by atoms with Crippen LogP contribution in [0.5, 0.6) is 28.9 Å². The highest BCUT2D eigenvalue weighted by Gasteiger charge is 2.29. The SMILES string of the molecule is COc1ccccc1-c1nccc(COc2ccc3cc2C[C@H](C(=O)O)Oc2ncnc4sc(-c5ccc(F)cc5)c(c24)-c2ccc(c(Cl)c2C)O[C@H](CN(C)CC[SH](=O)=O)CO3)n1. The van der Waals surface area contributed by atoms with Gasteiger partial charge in [-0.1, -0.05) is 41.9 Å². The average Bonchev–Trinajstić information content (AvgIpc) is 3.68. The van der Waals surface area contributed by atoms with Crippen molar-refractivity contribution in [2.75, 3.05) is 39.6 Å². The minimum atomic E-state index is -2.60. The number of nitrogens with zero attached hydrogens (tertiary/aromatic N) is 5. The van der Waals surface area contributed by atoms with Crippen LogP contribution < -0.4 is 23.7 Å². The van der Waals surface area contributed by atoms with Crippen LogP contribution in [-0.4, -0.2) is 96.1 Å². The Morgan fingerprint density at radius 2 is 1.81 bits per heavy atom. The summed E-state index contributed by atoms with van der Waals surface area (Å²) in [5.74, 6) is 0.415. The van der Waals surface area contributed by atoms with Crippen LogP contribution >= 0.6 is 22.9 Å². The summed E-state index contributed by atoms with van der Waals surface area (Å²) in [6.07, 6.45) is 0.589. The second-order valence-electron chi connectivity index (χ2n) is 14.9. The number of rotatable bonds is 12. The van der Waals surface area contributed by atoms with Crippen LogP contribution in [0, 0.1) is 12.7 Å². The van der Waals surface area contributed by atoms with Crippen molar-refractivity contribution in [1.82, 2.24) is 24.8 Å². The summed E-state index contributed by atoms with van der Waals surface area (Å²) in [5.41, 5.74) is 4.26. The summed E-state index contributed by atoms with van der Waals surface area (Å²) in [6, 6.07) is 23.8. The van der Waals surface area contributed by atoms with Gasteiger partial charge in [-0.2, -0.15) is 0 Å². The number of carbonyl (C=O) groups is 1. The van der Waals surface area contributed by atoms with Gasteiger partial charge in [0.05, 0.1) is 34.5 Å². The van der Waals surface area contributed by atoms with Crippen molar-refractivity contribution in [3.63, 3.8) is 0 Å². The third kappa shape index (κ3) is 9.87. The van der Waals surface area contributed by atoms with Gasteiger partial charge in [-0.25, -0.2) is 37.5 Å². The molecule has 0 saturated heterocycles. The Bertz CT molecular complexity index is 2910. The summed E-state index contributed by atoms with van der Waals surface area (Å²) in [6.45, 7) is 2.35. The quantitative estimate of drug-likeness (QED) is 0.113. The Morgan fingerprint density at radius 1 is 1.00 bits per heavy atom. The second-order valence-corrected chi connectivity index (χ2v) is 17.4. The number of para-hydroxylation sites is 1. The minimum Gasteiger partial charge on any atom is -0.496 e. The van der Waals surface area contributed by atoms with E-state index in [1.807, 2.05) is 42.2 Å². The average molecular weight is 926 g/mol. The molecule has 2 aliphatic rings. The number of fused-ring (bicyclic) bond motifs is 7. The van der Waals surface area contributed by atoms with Crippen molar-refractivity contribution in [3.8, 4) is 61.8 Å². The molecule has 1 N–H and O–H groups in total. The fourth-order valence-electron chi connectivity index (χ4n) is 7.31. The molecule has 4 bridgehead atoms. The van der Waals surface area contributed by atoms with E-state index < -0.39 is 34.7 Å². The van der Waals surface area contributed by atoms with E-state index in [0.29, 0.717) is 88.0 Å². The minimum absolute atomic E-state index is 0.00190. The molecule has 14 nitrogen and oxygen atoms in total. The zero-order chi connectivity index (χ0) is 44.9. The molecule has 2 atom stereocenters. The van der Waals surface area contributed by atoms with Gasteiger partial charge in [0.2, 0.25) is 12.0 Å². The predicted octanol–water partition coefficient (Wildman–Crippen LogP) is 7.93. The lowest BCUT2D eigenvalue weighted by Gasteiger charge is -2.26. The Kier molecular flexibility index (Phi) is 13.5. The molecule has 0 unspecified atom stereocenters. The summed E-state index contributed by atoms with van der Waals surface area (Å²) >= 11 is 8.45. The molecule has 0 radical (unpaired) electrons. The van der Waals surface area contributed by atoms with Crippen LogP contribution in [0.1, 0.15) is 16.8 Å². The lowest BCUT2D eigenvalue weighted by Crippen LogP contribution is -2.38. The standard InChI is InChI=1S/C46H41ClFN5O9S2/c1-26-33-13-15-37(41(26)47)61-32(22-53(2)18-19-64(56)57)24-59-31-12-14-35(60-23-30-16-17-49-43(52-30)34-6-4-5-7-36(34)58-3)28(20-31)21-38(46(54)55)62-44-40-39(33)42(63-45(40)51-25-50-44)27-8-10-29(48)11-9-27/h4-17,20,25,32,38,64H,18-19,21-24H2,1-3H3,(H,54,55)/t32-,38-/m1/s1. The van der Waals surface area contributed by atoms with E-state index in [9.17, 15) is 22.7 Å². The number of hydrogen-bond acceptors (Lipinski definition) is 14. The van der Waals surface area contributed by atoms with Gasteiger partial charge in [0.1, 0.15) is 70.0 Å². The second kappa shape index (κ2) is 19.6. The molecule has 7 aromatic rings. The first-order chi connectivity index (χ1) is 30.9. The van der Waals surface area contributed by atoms with E-state index in [0.717, 1.165) is 0 Å². The van der Waals surface area contributed by atoms with Gasteiger partial charge in [0.15, 0.2) is 5.82 Å². The lowest BCUT2D eigenvalue weighted by molar-refractivity contribution is -0.145. The highest BCUT2D eigenvalue weighted by Crippen LogP contribution is 2.49. The molecule has 2 aliphatic heterocycles. The van der Waals surface area contributed by atoms with Crippen molar-refractivity contribution in [3.05, 3.63) is 125 Å². The van der Waals surface area contributed by atoms with Gasteiger partial charge in [-0.05, 0) is 85.3 Å². The van der Waals surface area contributed by atoms with Crippen molar-refractivity contribution in [2.24, 2.45) is 0 Å². The molecule has 0 saturated carbocycles. The molecule has 330 valence electrons. The maximum absolute atomic E-state index is 14.2. The van der Waals surface area contributed by atoms with Gasteiger partial charge >= 0.3 is 5.97 Å². The number of ether oxygens (including phenoxy) is 5. The Balaban J connectivity index is 1.23. The summed E-state index contributed by atoms with van der Waals surface area (Å²) in [7, 11) is 0.756. The number of hydrogen-bond donors (Lipinski definition) is 2. The van der Waals surface area contributed by atoms with Crippen molar-refractivity contribution in [2.45, 2.75) is 32.2 Å². The Labute approximate surface area is 378 Å². The van der Waals surface area contributed by atoms with Crippen molar-refractivity contribution >= 4 is 49.8 Å². The van der Waals surface area contributed by atoms with Crippen LogP contribution in [0.15, 0.2) is 97.5 Å². The van der Waals surface area contributed by atoms with E-state index in [-0.39, 0.29) is 44.4 Å². The van der Waals surface area contributed by atoms with Crippen LogP contribution in [-0.2, 0) is 28.5 Å². The fourth-order valence-corrected chi connectivity index (χ4v) is 9.18. The van der Waals surface area contributed by atoms with Gasteiger partial charge in [-0.15, -0.1) is 11.3 Å². The van der Waals surface area contributed by atoms with Gasteiger partial charge in [0.25, 0.3) is 0 Å². The van der Waals surface area contributed by atoms with Crippen molar-refractivity contribution in [1.29, 1.82) is 0 Å². The zero-order valence-electron chi connectivity index (χ0n) is 34.7. The normalized spacial score (nSPS) is 15.0. The van der Waals surface area contributed by atoms with E-state index in [2.05, 4.69) is 15.0 Å². The maximum Gasteiger partial charge on any atom is 0.345 e. The zero-order valence-corrected chi connectivity index (χ0v) is 37.2. The molecule has 18 heteroatoms. The number of aliphatic carboxylic acids is 1. The van der Waals surface area contributed by atoms with E-state index in [4.69, 9.17) is 40.3 Å².